The highest BCUT2D eigenvalue weighted by atomic mass is 16.6. The van der Waals surface area contributed by atoms with Gasteiger partial charge in [0.15, 0.2) is 0 Å². The first-order valence-corrected chi connectivity index (χ1v) is 8.71. The summed E-state index contributed by atoms with van der Waals surface area (Å²) >= 11 is 0. The molecule has 0 N–H and O–H groups in total. The molecule has 0 radical (unpaired) electrons. The van der Waals surface area contributed by atoms with Crippen molar-refractivity contribution in [2.24, 2.45) is 14.1 Å². The van der Waals surface area contributed by atoms with Gasteiger partial charge in [-0.15, -0.1) is 0 Å². The van der Waals surface area contributed by atoms with Crippen LogP contribution < -0.4 is 11.2 Å². The molecule has 1 aliphatic heterocycles. The van der Waals surface area contributed by atoms with E-state index in [-0.39, 0.29) is 17.6 Å². The second-order valence-corrected chi connectivity index (χ2v) is 7.47. The van der Waals surface area contributed by atoms with Crippen molar-refractivity contribution in [3.8, 4) is 0 Å². The molecule has 9 heteroatoms. The minimum Gasteiger partial charge on any atom is -0.444 e. The summed E-state index contributed by atoms with van der Waals surface area (Å²) in [4.78, 5) is 51.3. The van der Waals surface area contributed by atoms with Crippen molar-refractivity contribution in [2.45, 2.75) is 26.4 Å². The molecule has 27 heavy (non-hydrogen) atoms. The Morgan fingerprint density at radius 1 is 1.04 bits per heavy atom. The zero-order valence-corrected chi connectivity index (χ0v) is 16.4. The first kappa shape index (κ1) is 20.5. The van der Waals surface area contributed by atoms with Crippen molar-refractivity contribution in [2.75, 3.05) is 26.2 Å². The first-order valence-electron chi connectivity index (χ1n) is 8.71. The topological polar surface area (TPSA) is 93.8 Å². The number of hydrogen-bond donors (Lipinski definition) is 0. The molecule has 1 saturated heterocycles. The molecule has 0 aromatic carbocycles. The van der Waals surface area contributed by atoms with Crippen LogP contribution in [0, 0.1) is 0 Å². The van der Waals surface area contributed by atoms with Gasteiger partial charge < -0.3 is 19.1 Å². The molecule has 1 fully saturated rings. The lowest BCUT2D eigenvalue weighted by molar-refractivity contribution is -0.127. The molecule has 2 amide bonds. The molecule has 0 aliphatic carbocycles. The fraction of sp³-hybridized carbons (Fsp3) is 0.556. The molecule has 2 heterocycles. The van der Waals surface area contributed by atoms with Gasteiger partial charge in [0, 0.05) is 52.5 Å². The van der Waals surface area contributed by atoms with Gasteiger partial charge in [0.2, 0.25) is 5.91 Å². The van der Waals surface area contributed by atoms with Gasteiger partial charge in [-0.25, -0.2) is 9.59 Å². The van der Waals surface area contributed by atoms with Crippen molar-refractivity contribution in [3.05, 3.63) is 38.7 Å². The van der Waals surface area contributed by atoms with Crippen molar-refractivity contribution >= 4 is 18.1 Å². The van der Waals surface area contributed by atoms with Gasteiger partial charge in [-0.2, -0.15) is 0 Å². The Bertz CT molecular complexity index is 867. The second kappa shape index (κ2) is 7.81. The number of nitrogens with zero attached hydrogens (tertiary/aromatic N) is 4. The van der Waals surface area contributed by atoms with E-state index < -0.39 is 16.9 Å². The molecule has 0 bridgehead atoms. The minimum absolute atomic E-state index is 0.250. The SMILES string of the molecule is Cn1cc(/C=C/C(=O)N2CCN(C(=O)OC(C)(C)C)CC2)c(=O)n(C)c1=O. The summed E-state index contributed by atoms with van der Waals surface area (Å²) < 4.78 is 7.60. The van der Waals surface area contributed by atoms with Crippen LogP contribution in [0.1, 0.15) is 26.3 Å². The van der Waals surface area contributed by atoms with Crippen LogP contribution in [-0.4, -0.2) is 62.7 Å². The zero-order valence-electron chi connectivity index (χ0n) is 16.4. The number of ether oxygens (including phenoxy) is 1. The fourth-order valence-corrected chi connectivity index (χ4v) is 2.65. The molecule has 9 nitrogen and oxygen atoms in total. The van der Waals surface area contributed by atoms with E-state index in [4.69, 9.17) is 4.74 Å². The zero-order chi connectivity index (χ0) is 20.4. The molecule has 1 aromatic heterocycles. The van der Waals surface area contributed by atoms with Gasteiger partial charge in [-0.05, 0) is 26.8 Å². The molecule has 1 aliphatic rings. The summed E-state index contributed by atoms with van der Waals surface area (Å²) in [6, 6.07) is 0. The monoisotopic (exact) mass is 378 g/mol. The molecule has 1 aromatic rings. The fourth-order valence-electron chi connectivity index (χ4n) is 2.65. The summed E-state index contributed by atoms with van der Waals surface area (Å²) in [5.74, 6) is -0.255. The number of hydrogen-bond acceptors (Lipinski definition) is 5. The highest BCUT2D eigenvalue weighted by molar-refractivity contribution is 5.91. The third-order valence-electron chi connectivity index (χ3n) is 4.12. The van der Waals surface area contributed by atoms with Crippen LogP contribution in [0.25, 0.3) is 6.08 Å². The van der Waals surface area contributed by atoms with Gasteiger partial charge in [-0.1, -0.05) is 0 Å². The number of carbonyl (C=O) groups is 2. The van der Waals surface area contributed by atoms with Crippen molar-refractivity contribution < 1.29 is 14.3 Å². The average molecular weight is 378 g/mol. The van der Waals surface area contributed by atoms with Gasteiger partial charge in [0.05, 0.1) is 5.56 Å². The van der Waals surface area contributed by atoms with Gasteiger partial charge in [0.25, 0.3) is 5.56 Å². The molecule has 0 unspecified atom stereocenters. The highest BCUT2D eigenvalue weighted by Crippen LogP contribution is 2.12. The lowest BCUT2D eigenvalue weighted by Gasteiger charge is -2.35. The van der Waals surface area contributed by atoms with E-state index in [2.05, 4.69) is 0 Å². The van der Waals surface area contributed by atoms with E-state index in [1.165, 1.54) is 37.0 Å². The summed E-state index contributed by atoms with van der Waals surface area (Å²) in [6.45, 7) is 6.95. The van der Waals surface area contributed by atoms with Crippen LogP contribution in [0.15, 0.2) is 21.9 Å². The van der Waals surface area contributed by atoms with Gasteiger partial charge in [0.1, 0.15) is 5.60 Å². The molecule has 0 spiro atoms. The molecule has 0 saturated carbocycles. The van der Waals surface area contributed by atoms with Crippen LogP contribution in [0.2, 0.25) is 0 Å². The number of piperazine rings is 1. The third-order valence-corrected chi connectivity index (χ3v) is 4.12. The summed E-state index contributed by atoms with van der Waals surface area (Å²) in [5.41, 5.74) is -1.20. The highest BCUT2D eigenvalue weighted by Gasteiger charge is 2.26. The molecule has 148 valence electrons. The number of aryl methyl sites for hydroxylation is 1. The predicted molar refractivity (Wildman–Crippen MR) is 100 cm³/mol. The molecule has 2 rings (SSSR count). The van der Waals surface area contributed by atoms with Gasteiger partial charge in [-0.3, -0.25) is 14.2 Å². The van der Waals surface area contributed by atoms with Crippen LogP contribution in [0.5, 0.6) is 0 Å². The number of rotatable bonds is 2. The van der Waals surface area contributed by atoms with Crippen molar-refractivity contribution in [1.82, 2.24) is 18.9 Å². The molecular weight excluding hydrogens is 352 g/mol. The van der Waals surface area contributed by atoms with E-state index in [1.807, 2.05) is 0 Å². The van der Waals surface area contributed by atoms with Crippen molar-refractivity contribution in [3.63, 3.8) is 0 Å². The lowest BCUT2D eigenvalue weighted by Crippen LogP contribution is -2.51. The normalized spacial score (nSPS) is 15.3. The lowest BCUT2D eigenvalue weighted by atomic mass is 10.2. The number of aromatic nitrogens is 2. The Balaban J connectivity index is 1.99. The Labute approximate surface area is 157 Å². The number of carbonyl (C=O) groups excluding carboxylic acids is 2. The van der Waals surface area contributed by atoms with E-state index in [0.29, 0.717) is 26.2 Å². The molecule has 0 atom stereocenters. The largest absolute Gasteiger partial charge is 0.444 e. The quantitative estimate of drug-likeness (QED) is 0.684. The van der Waals surface area contributed by atoms with Crippen LogP contribution in [0.4, 0.5) is 4.79 Å². The molecular formula is C18H26N4O5. The minimum atomic E-state index is -0.561. The van der Waals surface area contributed by atoms with E-state index in [9.17, 15) is 19.2 Å². The summed E-state index contributed by atoms with van der Waals surface area (Å²) in [6.07, 6.45) is 3.72. The van der Waals surface area contributed by atoms with E-state index in [0.717, 1.165) is 4.57 Å². The van der Waals surface area contributed by atoms with Crippen LogP contribution in [-0.2, 0) is 23.6 Å². The average Bonchev–Trinajstić information content (AvgIpc) is 2.60. The van der Waals surface area contributed by atoms with Crippen LogP contribution in [0.3, 0.4) is 0 Å². The smallest absolute Gasteiger partial charge is 0.410 e. The van der Waals surface area contributed by atoms with Crippen LogP contribution >= 0.6 is 0 Å². The first-order chi connectivity index (χ1) is 12.5. The number of amides is 2. The Morgan fingerprint density at radius 2 is 1.59 bits per heavy atom. The third kappa shape index (κ3) is 5.08. The summed E-state index contributed by atoms with van der Waals surface area (Å²) in [7, 11) is 2.93. The predicted octanol–water partition coefficient (Wildman–Crippen LogP) is 0.177. The maximum atomic E-state index is 12.4. The standard InChI is InChI=1S/C18H26N4O5/c1-18(2,3)27-17(26)22-10-8-21(9-11-22)14(23)7-6-13-12-19(4)16(25)20(5)15(13)24/h6-7,12H,8-11H2,1-5H3/b7-6+. The Kier molecular flexibility index (Phi) is 5.92. The van der Waals surface area contributed by atoms with Gasteiger partial charge >= 0.3 is 11.8 Å². The van der Waals surface area contributed by atoms with Crippen molar-refractivity contribution in [1.29, 1.82) is 0 Å². The maximum Gasteiger partial charge on any atom is 0.410 e. The Hall–Kier alpha value is -2.84. The van der Waals surface area contributed by atoms with E-state index in [1.54, 1.807) is 30.6 Å². The second-order valence-electron chi connectivity index (χ2n) is 7.47. The van der Waals surface area contributed by atoms with E-state index >= 15 is 0 Å². The summed E-state index contributed by atoms with van der Waals surface area (Å²) in [5, 5.41) is 0. The Morgan fingerprint density at radius 3 is 2.15 bits per heavy atom. The maximum absolute atomic E-state index is 12.4.